The number of nitrogens with two attached hydrogens (primary N) is 1. The van der Waals surface area contributed by atoms with E-state index in [9.17, 15) is 0 Å². The van der Waals surface area contributed by atoms with Gasteiger partial charge in [-0.3, -0.25) is 5.43 Å². The molecule has 5 nitrogen and oxygen atoms in total. The van der Waals surface area contributed by atoms with Crippen molar-refractivity contribution in [1.82, 2.24) is 9.97 Å². The van der Waals surface area contributed by atoms with Crippen molar-refractivity contribution < 1.29 is 0 Å². The Morgan fingerprint density at radius 2 is 2.20 bits per heavy atom. The largest absolute Gasteiger partial charge is 0.356 e. The van der Waals surface area contributed by atoms with Gasteiger partial charge in [-0.2, -0.15) is 4.98 Å². The van der Waals surface area contributed by atoms with Gasteiger partial charge < -0.3 is 4.90 Å². The molecule has 0 bridgehead atoms. The number of nitrogens with zero attached hydrogens (tertiary/aromatic N) is 3. The fourth-order valence-corrected chi connectivity index (χ4v) is 3.75. The maximum atomic E-state index is 5.48. The lowest BCUT2D eigenvalue weighted by molar-refractivity contribution is 0.378. The lowest BCUT2D eigenvalue weighted by Crippen LogP contribution is -2.34. The smallest absolute Gasteiger partial charge is 0.240 e. The summed E-state index contributed by atoms with van der Waals surface area (Å²) in [7, 11) is 0. The van der Waals surface area contributed by atoms with Gasteiger partial charge in [0.05, 0.1) is 5.39 Å². The Hall–Kier alpha value is -1.40. The Kier molecular flexibility index (Phi) is 4.03. The van der Waals surface area contributed by atoms with Crippen LogP contribution in [0.1, 0.15) is 32.6 Å². The average molecular weight is 291 g/mol. The quantitative estimate of drug-likeness (QED) is 0.669. The van der Waals surface area contributed by atoms with Crippen LogP contribution in [0.4, 0.5) is 11.8 Å². The molecule has 0 unspecified atom stereocenters. The van der Waals surface area contributed by atoms with E-state index in [0.717, 1.165) is 35.0 Å². The molecule has 6 heteroatoms. The van der Waals surface area contributed by atoms with Crippen LogP contribution in [0.2, 0.25) is 0 Å². The van der Waals surface area contributed by atoms with E-state index in [2.05, 4.69) is 38.7 Å². The highest BCUT2D eigenvalue weighted by Gasteiger charge is 2.22. The zero-order valence-electron chi connectivity index (χ0n) is 11.8. The summed E-state index contributed by atoms with van der Waals surface area (Å²) in [6.45, 7) is 4.43. The first-order valence-corrected chi connectivity index (χ1v) is 8.16. The summed E-state index contributed by atoms with van der Waals surface area (Å²) < 4.78 is 0. The monoisotopic (exact) mass is 291 g/mol. The van der Waals surface area contributed by atoms with Crippen molar-refractivity contribution in [3.63, 3.8) is 0 Å². The third kappa shape index (κ3) is 2.58. The summed E-state index contributed by atoms with van der Waals surface area (Å²) in [6, 6.07) is 2.10. The standard InChI is InChI=1S/C14H21N5S/c1-2-3-10-4-7-19(8-5-10)12-11-6-9-20-13(11)17-14(16-12)18-15/h6,9-10H,2-5,7-8,15H2,1H3,(H,16,17,18). The maximum Gasteiger partial charge on any atom is 0.240 e. The Labute approximate surface area is 123 Å². The molecule has 20 heavy (non-hydrogen) atoms. The van der Waals surface area contributed by atoms with Crippen molar-refractivity contribution in [3.05, 3.63) is 11.4 Å². The Bertz CT molecular complexity index is 574. The van der Waals surface area contributed by atoms with Gasteiger partial charge in [0.15, 0.2) is 0 Å². The van der Waals surface area contributed by atoms with Crippen LogP contribution >= 0.6 is 11.3 Å². The Morgan fingerprint density at radius 3 is 2.90 bits per heavy atom. The van der Waals surface area contributed by atoms with E-state index >= 15 is 0 Å². The van der Waals surface area contributed by atoms with Crippen molar-refractivity contribution in [2.75, 3.05) is 23.4 Å². The fourth-order valence-electron chi connectivity index (χ4n) is 2.99. The third-order valence-electron chi connectivity index (χ3n) is 4.05. The van der Waals surface area contributed by atoms with Gasteiger partial charge in [0.1, 0.15) is 10.6 Å². The molecule has 0 aliphatic carbocycles. The van der Waals surface area contributed by atoms with Crippen LogP contribution in [-0.4, -0.2) is 23.1 Å². The molecule has 1 aliphatic rings. The van der Waals surface area contributed by atoms with Gasteiger partial charge >= 0.3 is 0 Å². The zero-order valence-corrected chi connectivity index (χ0v) is 12.6. The Morgan fingerprint density at radius 1 is 1.40 bits per heavy atom. The lowest BCUT2D eigenvalue weighted by atomic mass is 9.92. The van der Waals surface area contributed by atoms with Crippen LogP contribution in [0.5, 0.6) is 0 Å². The molecule has 0 amide bonds. The lowest BCUT2D eigenvalue weighted by Gasteiger charge is -2.33. The number of hydrazine groups is 1. The van der Waals surface area contributed by atoms with E-state index in [1.807, 2.05) is 0 Å². The summed E-state index contributed by atoms with van der Waals surface area (Å²) in [4.78, 5) is 12.3. The van der Waals surface area contributed by atoms with Gasteiger partial charge in [-0.1, -0.05) is 19.8 Å². The van der Waals surface area contributed by atoms with Gasteiger partial charge in [0.2, 0.25) is 5.95 Å². The first-order chi connectivity index (χ1) is 9.81. The topological polar surface area (TPSA) is 67.1 Å². The number of anilines is 2. The highest BCUT2D eigenvalue weighted by Crippen LogP contribution is 2.32. The fraction of sp³-hybridized carbons (Fsp3) is 0.571. The van der Waals surface area contributed by atoms with E-state index in [0.29, 0.717) is 5.95 Å². The number of rotatable bonds is 4. The molecule has 1 fully saturated rings. The molecular formula is C14H21N5S. The second-order valence-electron chi connectivity index (χ2n) is 5.37. The molecule has 2 aromatic rings. The normalized spacial score (nSPS) is 16.8. The van der Waals surface area contributed by atoms with Gasteiger partial charge in [-0.25, -0.2) is 10.8 Å². The maximum absolute atomic E-state index is 5.48. The molecular weight excluding hydrogens is 270 g/mol. The SMILES string of the molecule is CCCC1CCN(c2nc(NN)nc3sccc23)CC1. The summed E-state index contributed by atoms with van der Waals surface area (Å²) >= 11 is 1.63. The van der Waals surface area contributed by atoms with Crippen molar-refractivity contribution in [2.24, 2.45) is 11.8 Å². The van der Waals surface area contributed by atoms with E-state index in [4.69, 9.17) is 5.84 Å². The number of thiophene rings is 1. The predicted octanol–water partition coefficient (Wildman–Crippen LogP) is 2.99. The summed E-state index contributed by atoms with van der Waals surface area (Å²) in [6.07, 6.45) is 5.15. The van der Waals surface area contributed by atoms with Gasteiger partial charge in [-0.05, 0) is 30.2 Å². The molecule has 3 N–H and O–H groups in total. The number of nitrogens with one attached hydrogen (secondary N) is 1. The molecule has 108 valence electrons. The van der Waals surface area contributed by atoms with Crippen LogP contribution in [0.3, 0.4) is 0 Å². The Balaban J connectivity index is 1.85. The molecule has 3 heterocycles. The molecule has 0 radical (unpaired) electrons. The van der Waals surface area contributed by atoms with E-state index in [-0.39, 0.29) is 0 Å². The number of hydrogen-bond acceptors (Lipinski definition) is 6. The van der Waals surface area contributed by atoms with E-state index in [1.54, 1.807) is 11.3 Å². The molecule has 0 spiro atoms. The minimum Gasteiger partial charge on any atom is -0.356 e. The van der Waals surface area contributed by atoms with E-state index in [1.165, 1.54) is 25.7 Å². The first-order valence-electron chi connectivity index (χ1n) is 7.28. The zero-order chi connectivity index (χ0) is 13.9. The molecule has 1 saturated heterocycles. The number of hydrogen-bond donors (Lipinski definition) is 2. The molecule has 2 aromatic heterocycles. The molecule has 1 aliphatic heterocycles. The number of fused-ring (bicyclic) bond motifs is 1. The van der Waals surface area contributed by atoms with Crippen LogP contribution in [-0.2, 0) is 0 Å². The van der Waals surface area contributed by atoms with Crippen LogP contribution in [0.25, 0.3) is 10.2 Å². The minimum atomic E-state index is 0.505. The number of aromatic nitrogens is 2. The molecule has 0 aromatic carbocycles. The third-order valence-corrected chi connectivity index (χ3v) is 4.85. The molecule has 0 atom stereocenters. The predicted molar refractivity (Wildman–Crippen MR) is 85.1 cm³/mol. The van der Waals surface area contributed by atoms with Gasteiger partial charge in [0, 0.05) is 13.1 Å². The highest BCUT2D eigenvalue weighted by atomic mass is 32.1. The average Bonchev–Trinajstić information content (AvgIpc) is 2.95. The molecule has 3 rings (SSSR count). The molecule has 0 saturated carbocycles. The summed E-state index contributed by atoms with van der Waals surface area (Å²) in [5, 5.41) is 3.20. The van der Waals surface area contributed by atoms with Gasteiger partial charge in [-0.15, -0.1) is 11.3 Å². The number of nitrogen functional groups attached to an aromatic ring is 1. The summed E-state index contributed by atoms with van der Waals surface area (Å²) in [5.74, 6) is 7.89. The van der Waals surface area contributed by atoms with E-state index < -0.39 is 0 Å². The van der Waals surface area contributed by atoms with Crippen LogP contribution in [0, 0.1) is 5.92 Å². The van der Waals surface area contributed by atoms with Crippen molar-refractivity contribution >= 4 is 33.3 Å². The highest BCUT2D eigenvalue weighted by molar-refractivity contribution is 7.16. The second kappa shape index (κ2) is 5.93. The van der Waals surface area contributed by atoms with Crippen molar-refractivity contribution in [1.29, 1.82) is 0 Å². The van der Waals surface area contributed by atoms with Crippen LogP contribution < -0.4 is 16.2 Å². The van der Waals surface area contributed by atoms with Crippen LogP contribution in [0.15, 0.2) is 11.4 Å². The number of piperidine rings is 1. The first kappa shape index (κ1) is 13.6. The second-order valence-corrected chi connectivity index (χ2v) is 6.27. The van der Waals surface area contributed by atoms with Crippen molar-refractivity contribution in [2.45, 2.75) is 32.6 Å². The summed E-state index contributed by atoms with van der Waals surface area (Å²) in [5.41, 5.74) is 2.58. The van der Waals surface area contributed by atoms with Gasteiger partial charge in [0.25, 0.3) is 0 Å². The minimum absolute atomic E-state index is 0.505. The van der Waals surface area contributed by atoms with Crippen molar-refractivity contribution in [3.8, 4) is 0 Å².